The van der Waals surface area contributed by atoms with Crippen molar-refractivity contribution in [1.29, 1.82) is 0 Å². The molecule has 146 valence electrons. The van der Waals surface area contributed by atoms with Crippen molar-refractivity contribution in [2.75, 3.05) is 26.4 Å². The van der Waals surface area contributed by atoms with Gasteiger partial charge >= 0.3 is 10.2 Å². The highest BCUT2D eigenvalue weighted by molar-refractivity contribution is 7.86. The summed E-state index contributed by atoms with van der Waals surface area (Å²) in [6.45, 7) is 0.844. The number of hydrogen-bond donors (Lipinski definition) is 0. The van der Waals surface area contributed by atoms with Crippen LogP contribution in [0.4, 0.5) is 9.57 Å². The Hall–Kier alpha value is -2.43. The van der Waals surface area contributed by atoms with Gasteiger partial charge in [-0.25, -0.2) is 0 Å². The predicted molar refractivity (Wildman–Crippen MR) is 94.7 cm³/mol. The van der Waals surface area contributed by atoms with Crippen molar-refractivity contribution < 1.29 is 31.4 Å². The molecule has 2 rings (SSSR count). The van der Waals surface area contributed by atoms with E-state index in [0.717, 1.165) is 12.1 Å². The molecule has 0 aliphatic rings. The van der Waals surface area contributed by atoms with E-state index < -0.39 is 20.0 Å². The van der Waals surface area contributed by atoms with Crippen LogP contribution in [0.15, 0.2) is 47.4 Å². The maximum Gasteiger partial charge on any atom is 0.332 e. The van der Waals surface area contributed by atoms with Crippen LogP contribution in [-0.2, 0) is 15.0 Å². The van der Waals surface area contributed by atoms with Crippen molar-refractivity contribution >= 4 is 27.5 Å². The Bertz CT molecular complexity index is 890. The molecule has 0 bridgehead atoms. The van der Waals surface area contributed by atoms with Crippen molar-refractivity contribution in [2.24, 2.45) is 0 Å². The third kappa shape index (κ3) is 6.66. The lowest BCUT2D eigenvalue weighted by atomic mass is 10.3. The smallest absolute Gasteiger partial charge is 0.332 e. The Labute approximate surface area is 159 Å². The fourth-order valence-electron chi connectivity index (χ4n) is 1.95. The number of hydrogen-bond acceptors (Lipinski definition) is 7. The molecule has 0 aliphatic heterocycles. The standard InChI is InChI=1S/C16H15ClFNO7S/c17-15-11-12(19(20)21)1-6-16(15)26-10-8-24-7-9-25-13-2-4-14(5-3-13)27(18,22)23/h1-6,11H,7-10H2. The predicted octanol–water partition coefficient (Wildman–Crippen LogP) is 3.38. The molecule has 2 aromatic carbocycles. The zero-order valence-corrected chi connectivity index (χ0v) is 15.4. The van der Waals surface area contributed by atoms with Gasteiger partial charge in [-0.05, 0) is 30.3 Å². The Morgan fingerprint density at radius 3 is 2.19 bits per heavy atom. The lowest BCUT2D eigenvalue weighted by Gasteiger charge is -2.09. The van der Waals surface area contributed by atoms with Crippen LogP contribution in [0.5, 0.6) is 11.5 Å². The van der Waals surface area contributed by atoms with Crippen LogP contribution >= 0.6 is 11.6 Å². The van der Waals surface area contributed by atoms with Gasteiger partial charge in [0, 0.05) is 12.1 Å². The van der Waals surface area contributed by atoms with Gasteiger partial charge in [-0.2, -0.15) is 8.42 Å². The second-order valence-corrected chi connectivity index (χ2v) is 6.84. The molecule has 0 spiro atoms. The molecule has 0 unspecified atom stereocenters. The molecule has 0 heterocycles. The SMILES string of the molecule is O=[N+]([O-])c1ccc(OCCOCCOc2ccc(S(=O)(=O)F)cc2)c(Cl)c1. The van der Waals surface area contributed by atoms with Crippen LogP contribution in [0.2, 0.25) is 5.02 Å². The fourth-order valence-corrected chi connectivity index (χ4v) is 2.64. The number of halogens is 2. The van der Waals surface area contributed by atoms with Gasteiger partial charge in [-0.15, -0.1) is 3.89 Å². The molecule has 0 saturated carbocycles. The van der Waals surface area contributed by atoms with E-state index >= 15 is 0 Å². The van der Waals surface area contributed by atoms with E-state index in [0.29, 0.717) is 11.5 Å². The van der Waals surface area contributed by atoms with Crippen molar-refractivity contribution in [3.8, 4) is 11.5 Å². The molecule has 0 aliphatic carbocycles. The van der Waals surface area contributed by atoms with Crippen LogP contribution in [-0.4, -0.2) is 39.8 Å². The molecule has 8 nitrogen and oxygen atoms in total. The van der Waals surface area contributed by atoms with Crippen molar-refractivity contribution in [3.05, 3.63) is 57.6 Å². The zero-order chi connectivity index (χ0) is 19.9. The van der Waals surface area contributed by atoms with E-state index in [-0.39, 0.29) is 37.1 Å². The first-order valence-corrected chi connectivity index (χ1v) is 9.35. The summed E-state index contributed by atoms with van der Waals surface area (Å²) in [6.07, 6.45) is 0. The number of nitrogens with zero attached hydrogens (tertiary/aromatic N) is 1. The Balaban J connectivity index is 1.64. The van der Waals surface area contributed by atoms with E-state index in [1.807, 2.05) is 0 Å². The Morgan fingerprint density at radius 1 is 1.00 bits per heavy atom. The van der Waals surface area contributed by atoms with Gasteiger partial charge in [0.15, 0.2) is 0 Å². The summed E-state index contributed by atoms with van der Waals surface area (Å²) in [6, 6.07) is 8.78. The molecular formula is C16H15ClFNO7S. The molecular weight excluding hydrogens is 405 g/mol. The molecule has 0 atom stereocenters. The van der Waals surface area contributed by atoms with Crippen molar-refractivity contribution in [2.45, 2.75) is 4.90 Å². The monoisotopic (exact) mass is 419 g/mol. The minimum atomic E-state index is -4.72. The number of nitro benzene ring substituents is 1. The third-order valence-corrected chi connectivity index (χ3v) is 4.34. The molecule has 27 heavy (non-hydrogen) atoms. The highest BCUT2D eigenvalue weighted by Gasteiger charge is 2.11. The van der Waals surface area contributed by atoms with E-state index in [9.17, 15) is 22.4 Å². The van der Waals surface area contributed by atoms with Crippen molar-refractivity contribution in [1.82, 2.24) is 0 Å². The average molecular weight is 420 g/mol. The second kappa shape index (κ2) is 9.49. The molecule has 0 N–H and O–H groups in total. The lowest BCUT2D eigenvalue weighted by Crippen LogP contribution is -2.12. The van der Waals surface area contributed by atoms with Crippen LogP contribution < -0.4 is 9.47 Å². The largest absolute Gasteiger partial charge is 0.491 e. The quantitative estimate of drug-likeness (QED) is 0.251. The van der Waals surface area contributed by atoms with Gasteiger partial charge in [0.1, 0.15) is 24.7 Å². The number of benzene rings is 2. The number of nitro groups is 1. The molecule has 11 heteroatoms. The molecule has 0 saturated heterocycles. The summed E-state index contributed by atoms with van der Waals surface area (Å²) in [4.78, 5) is 9.63. The minimum Gasteiger partial charge on any atom is -0.491 e. The molecule has 2 aromatic rings. The second-order valence-electron chi connectivity index (χ2n) is 5.09. The Kier molecular flexibility index (Phi) is 7.34. The number of rotatable bonds is 10. The first-order chi connectivity index (χ1) is 12.8. The summed E-state index contributed by atoms with van der Waals surface area (Å²) in [5.74, 6) is 0.685. The van der Waals surface area contributed by atoms with Gasteiger partial charge in [0.25, 0.3) is 5.69 Å². The normalized spacial score (nSPS) is 11.2. The highest BCUT2D eigenvalue weighted by Crippen LogP contribution is 2.28. The highest BCUT2D eigenvalue weighted by atomic mass is 35.5. The van der Waals surface area contributed by atoms with E-state index in [1.54, 1.807) is 0 Å². The molecule has 0 amide bonds. The van der Waals surface area contributed by atoms with Crippen LogP contribution in [0.3, 0.4) is 0 Å². The van der Waals surface area contributed by atoms with Crippen LogP contribution in [0.25, 0.3) is 0 Å². The van der Waals surface area contributed by atoms with Gasteiger partial charge in [-0.3, -0.25) is 10.1 Å². The van der Waals surface area contributed by atoms with E-state index in [2.05, 4.69) is 0 Å². The summed E-state index contributed by atoms with van der Waals surface area (Å²) in [5, 5.41) is 10.7. The number of ether oxygens (including phenoxy) is 3. The maximum atomic E-state index is 12.7. The first kappa shape index (κ1) is 20.9. The van der Waals surface area contributed by atoms with Crippen LogP contribution in [0, 0.1) is 10.1 Å². The summed E-state index contributed by atoms with van der Waals surface area (Å²) in [5.41, 5.74) is -0.127. The molecule has 0 radical (unpaired) electrons. The van der Waals surface area contributed by atoms with E-state index in [4.69, 9.17) is 25.8 Å². The molecule has 0 aromatic heterocycles. The number of non-ortho nitro benzene ring substituents is 1. The average Bonchev–Trinajstić information content (AvgIpc) is 2.61. The summed E-state index contributed by atoms with van der Waals surface area (Å²) >= 11 is 5.89. The lowest BCUT2D eigenvalue weighted by molar-refractivity contribution is -0.384. The third-order valence-electron chi connectivity index (χ3n) is 3.21. The minimum absolute atomic E-state index is 0.127. The fraction of sp³-hybridized carbons (Fsp3) is 0.250. The Morgan fingerprint density at radius 2 is 1.63 bits per heavy atom. The molecule has 0 fully saturated rings. The van der Waals surface area contributed by atoms with E-state index in [1.165, 1.54) is 30.3 Å². The van der Waals surface area contributed by atoms with Crippen LogP contribution in [0.1, 0.15) is 0 Å². The summed E-state index contributed by atoms with van der Waals surface area (Å²) < 4.78 is 50.1. The zero-order valence-electron chi connectivity index (χ0n) is 13.8. The van der Waals surface area contributed by atoms with Gasteiger partial charge in [0.05, 0.1) is 28.1 Å². The topological polar surface area (TPSA) is 105 Å². The van der Waals surface area contributed by atoms with Gasteiger partial charge in [0.2, 0.25) is 0 Å². The maximum absolute atomic E-state index is 12.7. The van der Waals surface area contributed by atoms with Gasteiger partial charge < -0.3 is 14.2 Å². The van der Waals surface area contributed by atoms with Gasteiger partial charge in [-0.1, -0.05) is 11.6 Å². The first-order valence-electron chi connectivity index (χ1n) is 7.59. The summed E-state index contributed by atoms with van der Waals surface area (Å²) in [7, 11) is -4.72. The van der Waals surface area contributed by atoms with Crippen molar-refractivity contribution in [3.63, 3.8) is 0 Å².